The van der Waals surface area contributed by atoms with Crippen LogP contribution in [0, 0.1) is 0 Å². The molecule has 0 radical (unpaired) electrons. The van der Waals surface area contributed by atoms with Gasteiger partial charge in [-0.25, -0.2) is 0 Å². The van der Waals surface area contributed by atoms with Crippen molar-refractivity contribution in [2.45, 2.75) is 44.4 Å². The minimum absolute atomic E-state index is 0.257. The first-order chi connectivity index (χ1) is 13.3. The number of methoxy groups -OCH3 is 1. The molecule has 2 aromatic rings. The van der Waals surface area contributed by atoms with Gasteiger partial charge in [0.15, 0.2) is 0 Å². The Balaban J connectivity index is 1.51. The molecule has 2 aliphatic heterocycles. The highest BCUT2D eigenvalue weighted by atomic mass is 16.5. The standard InChI is InChI=1S/C21H30N4O2/c1-27-21-6-5-17(12-18(21)14-25-10-3-8-22-25)13-24-16-19-4-2-9-23(19)15-20(24)7-11-26/h3,5-6,8,10,12,19-20,26H,2,4,7,9,11,13-16H2,1H3/t19-,20+/m1/s1. The zero-order valence-electron chi connectivity index (χ0n) is 16.1. The van der Waals surface area contributed by atoms with E-state index in [2.05, 4.69) is 33.1 Å². The van der Waals surface area contributed by atoms with E-state index in [1.807, 2.05) is 16.9 Å². The Morgan fingerprint density at radius 2 is 2.19 bits per heavy atom. The van der Waals surface area contributed by atoms with Crippen molar-refractivity contribution in [2.24, 2.45) is 0 Å². The van der Waals surface area contributed by atoms with Crippen LogP contribution in [-0.2, 0) is 13.1 Å². The number of aliphatic hydroxyl groups is 1. The van der Waals surface area contributed by atoms with Gasteiger partial charge >= 0.3 is 0 Å². The van der Waals surface area contributed by atoms with Gasteiger partial charge < -0.3 is 9.84 Å². The van der Waals surface area contributed by atoms with Crippen LogP contribution in [0.15, 0.2) is 36.7 Å². The van der Waals surface area contributed by atoms with Gasteiger partial charge in [-0.2, -0.15) is 5.10 Å². The maximum Gasteiger partial charge on any atom is 0.123 e. The van der Waals surface area contributed by atoms with E-state index in [0.717, 1.165) is 37.4 Å². The van der Waals surface area contributed by atoms with Crippen molar-refractivity contribution in [3.8, 4) is 5.75 Å². The largest absolute Gasteiger partial charge is 0.496 e. The molecule has 0 amide bonds. The van der Waals surface area contributed by atoms with Crippen LogP contribution in [0.2, 0.25) is 0 Å². The smallest absolute Gasteiger partial charge is 0.123 e. The fraction of sp³-hybridized carbons (Fsp3) is 0.571. The van der Waals surface area contributed by atoms with Crippen molar-refractivity contribution in [1.82, 2.24) is 19.6 Å². The van der Waals surface area contributed by atoms with Crippen LogP contribution in [0.4, 0.5) is 0 Å². The molecule has 1 N–H and O–H groups in total. The Morgan fingerprint density at radius 1 is 1.26 bits per heavy atom. The van der Waals surface area contributed by atoms with Crippen molar-refractivity contribution in [2.75, 3.05) is 33.4 Å². The fourth-order valence-electron chi connectivity index (χ4n) is 4.62. The van der Waals surface area contributed by atoms with Gasteiger partial charge in [0.05, 0.1) is 13.7 Å². The second-order valence-corrected chi connectivity index (χ2v) is 7.74. The van der Waals surface area contributed by atoms with Gasteiger partial charge in [-0.15, -0.1) is 0 Å². The number of fused-ring (bicyclic) bond motifs is 1. The van der Waals surface area contributed by atoms with Crippen LogP contribution in [0.25, 0.3) is 0 Å². The van der Waals surface area contributed by atoms with Gasteiger partial charge in [0.2, 0.25) is 0 Å². The normalized spacial score (nSPS) is 23.5. The Hall–Kier alpha value is -1.89. The van der Waals surface area contributed by atoms with E-state index in [-0.39, 0.29) is 6.61 Å². The van der Waals surface area contributed by atoms with E-state index >= 15 is 0 Å². The highest BCUT2D eigenvalue weighted by molar-refractivity contribution is 5.37. The summed E-state index contributed by atoms with van der Waals surface area (Å²) in [5.41, 5.74) is 2.45. The Labute approximate surface area is 161 Å². The van der Waals surface area contributed by atoms with Crippen LogP contribution in [0.5, 0.6) is 5.75 Å². The highest BCUT2D eigenvalue weighted by Crippen LogP contribution is 2.28. The molecule has 0 aliphatic carbocycles. The van der Waals surface area contributed by atoms with Crippen molar-refractivity contribution >= 4 is 0 Å². The molecule has 1 aromatic carbocycles. The SMILES string of the molecule is COc1ccc(CN2C[C@H]3CCCN3C[C@@H]2CCO)cc1Cn1cccn1. The molecule has 2 atom stereocenters. The Bertz CT molecular complexity index is 734. The third-order valence-electron chi connectivity index (χ3n) is 5.99. The average molecular weight is 370 g/mol. The number of rotatable bonds is 7. The third kappa shape index (κ3) is 4.18. The van der Waals surface area contributed by atoms with Gasteiger partial charge in [0, 0.05) is 56.3 Å². The molecule has 0 unspecified atom stereocenters. The molecule has 3 heterocycles. The fourth-order valence-corrected chi connectivity index (χ4v) is 4.62. The van der Waals surface area contributed by atoms with Crippen LogP contribution in [0.1, 0.15) is 30.4 Å². The number of hydrogen-bond donors (Lipinski definition) is 1. The summed E-state index contributed by atoms with van der Waals surface area (Å²) in [5, 5.41) is 13.8. The van der Waals surface area contributed by atoms with Crippen LogP contribution in [0.3, 0.4) is 0 Å². The molecule has 2 fully saturated rings. The lowest BCUT2D eigenvalue weighted by molar-refractivity contribution is 0.0333. The first kappa shape index (κ1) is 18.5. The van der Waals surface area contributed by atoms with Crippen LogP contribution >= 0.6 is 0 Å². The Kier molecular flexibility index (Phi) is 5.76. The molecule has 2 saturated heterocycles. The predicted octanol–water partition coefficient (Wildman–Crippen LogP) is 1.97. The molecular formula is C21H30N4O2. The zero-order chi connectivity index (χ0) is 18.6. The van der Waals surface area contributed by atoms with Crippen molar-refractivity contribution in [3.05, 3.63) is 47.8 Å². The van der Waals surface area contributed by atoms with E-state index in [4.69, 9.17) is 4.74 Å². The van der Waals surface area contributed by atoms with Crippen molar-refractivity contribution < 1.29 is 9.84 Å². The number of hydrogen-bond acceptors (Lipinski definition) is 5. The van der Waals surface area contributed by atoms with Crippen LogP contribution < -0.4 is 4.74 Å². The quantitative estimate of drug-likeness (QED) is 0.808. The molecule has 6 heteroatoms. The maximum atomic E-state index is 9.53. The zero-order valence-corrected chi connectivity index (χ0v) is 16.1. The minimum atomic E-state index is 0.257. The maximum absolute atomic E-state index is 9.53. The van der Waals surface area contributed by atoms with Gasteiger partial charge in [-0.05, 0) is 49.6 Å². The summed E-state index contributed by atoms with van der Waals surface area (Å²) in [6.45, 7) is 5.29. The van der Waals surface area contributed by atoms with Crippen molar-refractivity contribution in [1.29, 1.82) is 0 Å². The van der Waals surface area contributed by atoms with Gasteiger partial charge in [-0.3, -0.25) is 14.5 Å². The summed E-state index contributed by atoms with van der Waals surface area (Å²) in [4.78, 5) is 5.19. The molecule has 0 spiro atoms. The average Bonchev–Trinajstić information content (AvgIpc) is 3.34. The monoisotopic (exact) mass is 370 g/mol. The van der Waals surface area contributed by atoms with Gasteiger partial charge in [0.1, 0.15) is 5.75 Å². The summed E-state index contributed by atoms with van der Waals surface area (Å²) in [6.07, 6.45) is 7.23. The van der Waals surface area contributed by atoms with Gasteiger partial charge in [-0.1, -0.05) is 6.07 Å². The number of benzene rings is 1. The topological polar surface area (TPSA) is 53.8 Å². The number of piperazine rings is 1. The molecule has 27 heavy (non-hydrogen) atoms. The summed E-state index contributed by atoms with van der Waals surface area (Å²) in [6, 6.07) is 9.54. The molecule has 2 aliphatic rings. The molecule has 0 bridgehead atoms. The molecule has 146 valence electrons. The predicted molar refractivity (Wildman–Crippen MR) is 105 cm³/mol. The molecule has 1 aromatic heterocycles. The lowest BCUT2D eigenvalue weighted by atomic mass is 10.0. The number of ether oxygens (including phenoxy) is 1. The minimum Gasteiger partial charge on any atom is -0.496 e. The third-order valence-corrected chi connectivity index (χ3v) is 5.99. The van der Waals surface area contributed by atoms with E-state index in [1.54, 1.807) is 13.3 Å². The van der Waals surface area contributed by atoms with Crippen LogP contribution in [-0.4, -0.2) is 70.1 Å². The summed E-state index contributed by atoms with van der Waals surface area (Å²) < 4.78 is 7.49. The lowest BCUT2D eigenvalue weighted by Crippen LogP contribution is -2.55. The number of aliphatic hydroxyl groups excluding tert-OH is 1. The first-order valence-corrected chi connectivity index (χ1v) is 9.99. The Morgan fingerprint density at radius 3 is 2.96 bits per heavy atom. The van der Waals surface area contributed by atoms with E-state index in [1.165, 1.54) is 24.9 Å². The first-order valence-electron chi connectivity index (χ1n) is 9.99. The second-order valence-electron chi connectivity index (χ2n) is 7.74. The van der Waals surface area contributed by atoms with Gasteiger partial charge in [0.25, 0.3) is 0 Å². The number of nitrogens with zero attached hydrogens (tertiary/aromatic N) is 4. The van der Waals surface area contributed by atoms with Crippen molar-refractivity contribution in [3.63, 3.8) is 0 Å². The van der Waals surface area contributed by atoms with E-state index in [0.29, 0.717) is 18.6 Å². The lowest BCUT2D eigenvalue weighted by Gasteiger charge is -2.43. The molecule has 4 rings (SSSR count). The summed E-state index contributed by atoms with van der Waals surface area (Å²) in [7, 11) is 1.72. The molecule has 6 nitrogen and oxygen atoms in total. The summed E-state index contributed by atoms with van der Waals surface area (Å²) in [5.74, 6) is 0.904. The van der Waals surface area contributed by atoms with E-state index < -0.39 is 0 Å². The molecule has 0 saturated carbocycles. The number of aromatic nitrogens is 2. The highest BCUT2D eigenvalue weighted by Gasteiger charge is 2.35. The second kappa shape index (κ2) is 8.42. The summed E-state index contributed by atoms with van der Waals surface area (Å²) >= 11 is 0. The molecular weight excluding hydrogens is 340 g/mol. The van der Waals surface area contributed by atoms with E-state index in [9.17, 15) is 5.11 Å².